The molecule has 1 aliphatic rings. The van der Waals surface area contributed by atoms with E-state index in [2.05, 4.69) is 31.7 Å². The van der Waals surface area contributed by atoms with Crippen molar-refractivity contribution in [2.24, 2.45) is 5.92 Å². The van der Waals surface area contributed by atoms with Gasteiger partial charge in [0.05, 0.1) is 24.2 Å². The molecule has 4 aromatic rings. The number of nitrogens with zero attached hydrogens (tertiary/aromatic N) is 4. The lowest BCUT2D eigenvalue weighted by atomic mass is 9.93. The molecule has 9 heteroatoms. The highest BCUT2D eigenvalue weighted by Gasteiger charge is 2.22. The predicted octanol–water partition coefficient (Wildman–Crippen LogP) is 4.49. The Morgan fingerprint density at radius 2 is 1.92 bits per heavy atom. The van der Waals surface area contributed by atoms with Gasteiger partial charge < -0.3 is 20.6 Å². The molecule has 0 saturated carbocycles. The lowest BCUT2D eigenvalue weighted by molar-refractivity contribution is 0.102. The second kappa shape index (κ2) is 11.7. The number of anilines is 2. The molecule has 0 atom stereocenters. The zero-order valence-corrected chi connectivity index (χ0v) is 21.4. The number of hydrogen-bond donors (Lipinski definition) is 3. The Morgan fingerprint density at radius 1 is 1.08 bits per heavy atom. The number of nitrogens with one attached hydrogen (secondary N) is 2. The van der Waals surface area contributed by atoms with Crippen LogP contribution in [0.1, 0.15) is 29.8 Å². The summed E-state index contributed by atoms with van der Waals surface area (Å²) in [6.07, 6.45) is 6.81. The van der Waals surface area contributed by atoms with Crippen LogP contribution in [0.25, 0.3) is 16.8 Å². The molecule has 0 aliphatic carbocycles. The van der Waals surface area contributed by atoms with E-state index in [0.717, 1.165) is 61.4 Å². The minimum absolute atomic E-state index is 0.176. The van der Waals surface area contributed by atoms with Gasteiger partial charge in [-0.15, -0.1) is 0 Å². The number of rotatable bonds is 9. The van der Waals surface area contributed by atoms with E-state index in [4.69, 9.17) is 16.7 Å². The number of hydrogen-bond acceptors (Lipinski definition) is 6. The van der Waals surface area contributed by atoms with Gasteiger partial charge in [0.1, 0.15) is 5.69 Å². The SMILES string of the molecule is O=C(Nc1ccccc1N1CCC(CCNCCO)CC1)c1ccn2ncc(-c3cccc(Cl)c3)c2n1. The van der Waals surface area contributed by atoms with Gasteiger partial charge in [0.25, 0.3) is 5.91 Å². The fraction of sp³-hybridized carbons (Fsp3) is 0.321. The Labute approximate surface area is 221 Å². The molecule has 1 saturated heterocycles. The zero-order chi connectivity index (χ0) is 25.6. The van der Waals surface area contributed by atoms with Crippen LogP contribution in [0.5, 0.6) is 0 Å². The summed E-state index contributed by atoms with van der Waals surface area (Å²) in [5, 5.41) is 20.3. The first-order valence-electron chi connectivity index (χ1n) is 12.7. The van der Waals surface area contributed by atoms with Crippen molar-refractivity contribution in [3.8, 4) is 11.1 Å². The third-order valence-electron chi connectivity index (χ3n) is 6.86. The number of aromatic nitrogens is 3. The van der Waals surface area contributed by atoms with Crippen LogP contribution >= 0.6 is 11.6 Å². The molecule has 2 aromatic heterocycles. The van der Waals surface area contributed by atoms with E-state index in [9.17, 15) is 4.79 Å². The van der Waals surface area contributed by atoms with Gasteiger partial charge in [-0.25, -0.2) is 9.50 Å². The fourth-order valence-electron chi connectivity index (χ4n) is 4.87. The van der Waals surface area contributed by atoms with E-state index in [0.29, 0.717) is 28.8 Å². The van der Waals surface area contributed by atoms with Crippen LogP contribution in [-0.4, -0.2) is 58.4 Å². The number of para-hydroxylation sites is 2. The minimum Gasteiger partial charge on any atom is -0.395 e. The van der Waals surface area contributed by atoms with Gasteiger partial charge >= 0.3 is 0 Å². The maximum absolute atomic E-state index is 13.3. The van der Waals surface area contributed by atoms with Crippen molar-refractivity contribution in [1.82, 2.24) is 19.9 Å². The van der Waals surface area contributed by atoms with Crippen molar-refractivity contribution in [1.29, 1.82) is 0 Å². The Morgan fingerprint density at radius 3 is 2.73 bits per heavy atom. The third kappa shape index (κ3) is 5.93. The highest BCUT2D eigenvalue weighted by atomic mass is 35.5. The third-order valence-corrected chi connectivity index (χ3v) is 7.10. The Kier molecular flexibility index (Phi) is 7.99. The average molecular weight is 519 g/mol. The number of piperidine rings is 1. The molecule has 3 N–H and O–H groups in total. The molecule has 0 unspecified atom stereocenters. The van der Waals surface area contributed by atoms with Gasteiger partial charge in [-0.05, 0) is 67.6 Å². The van der Waals surface area contributed by atoms with E-state index >= 15 is 0 Å². The molecule has 8 nitrogen and oxygen atoms in total. The molecular formula is C28H31ClN6O2. The minimum atomic E-state index is -0.266. The van der Waals surface area contributed by atoms with Gasteiger partial charge in [-0.2, -0.15) is 5.10 Å². The van der Waals surface area contributed by atoms with Crippen molar-refractivity contribution in [2.75, 3.05) is 43.0 Å². The molecule has 3 heterocycles. The lowest BCUT2D eigenvalue weighted by Gasteiger charge is -2.34. The van der Waals surface area contributed by atoms with Crippen LogP contribution in [0.2, 0.25) is 5.02 Å². The molecule has 37 heavy (non-hydrogen) atoms. The van der Waals surface area contributed by atoms with Crippen LogP contribution in [-0.2, 0) is 0 Å². The van der Waals surface area contributed by atoms with Gasteiger partial charge in [0, 0.05) is 36.4 Å². The first-order valence-corrected chi connectivity index (χ1v) is 13.1. The molecular weight excluding hydrogens is 488 g/mol. The number of fused-ring (bicyclic) bond motifs is 1. The highest BCUT2D eigenvalue weighted by molar-refractivity contribution is 6.30. The van der Waals surface area contributed by atoms with Crippen LogP contribution in [0.3, 0.4) is 0 Å². The molecule has 0 radical (unpaired) electrons. The lowest BCUT2D eigenvalue weighted by Crippen LogP contribution is -2.35. The zero-order valence-electron chi connectivity index (χ0n) is 20.6. The van der Waals surface area contributed by atoms with Crippen LogP contribution in [0.15, 0.2) is 67.0 Å². The summed E-state index contributed by atoms with van der Waals surface area (Å²) in [7, 11) is 0. The van der Waals surface area contributed by atoms with Crippen LogP contribution < -0.4 is 15.5 Å². The largest absolute Gasteiger partial charge is 0.395 e. The predicted molar refractivity (Wildman–Crippen MR) is 147 cm³/mol. The highest BCUT2D eigenvalue weighted by Crippen LogP contribution is 2.31. The summed E-state index contributed by atoms with van der Waals surface area (Å²) in [6.45, 7) is 3.65. The number of aliphatic hydroxyl groups is 1. The van der Waals surface area contributed by atoms with Crippen LogP contribution in [0, 0.1) is 5.92 Å². The first-order chi connectivity index (χ1) is 18.1. The summed E-state index contributed by atoms with van der Waals surface area (Å²) >= 11 is 6.18. The van der Waals surface area contributed by atoms with Crippen molar-refractivity contribution >= 4 is 34.5 Å². The average Bonchev–Trinajstić information content (AvgIpc) is 3.35. The molecule has 1 fully saturated rings. The smallest absolute Gasteiger partial charge is 0.274 e. The number of amides is 1. The molecule has 5 rings (SSSR count). The molecule has 192 valence electrons. The number of aliphatic hydroxyl groups excluding tert-OH is 1. The van der Waals surface area contributed by atoms with Crippen LogP contribution in [0.4, 0.5) is 11.4 Å². The molecule has 1 aliphatic heterocycles. The summed E-state index contributed by atoms with van der Waals surface area (Å²) < 4.78 is 1.66. The van der Waals surface area contributed by atoms with Crippen molar-refractivity contribution in [3.63, 3.8) is 0 Å². The van der Waals surface area contributed by atoms with Gasteiger partial charge in [-0.1, -0.05) is 35.9 Å². The number of carbonyl (C=O) groups is 1. The molecule has 2 aromatic carbocycles. The van der Waals surface area contributed by atoms with Crippen molar-refractivity contribution < 1.29 is 9.90 Å². The van der Waals surface area contributed by atoms with E-state index in [-0.39, 0.29) is 12.5 Å². The monoisotopic (exact) mass is 518 g/mol. The molecule has 1 amide bonds. The number of halogens is 1. The Hall–Kier alpha value is -3.46. The fourth-order valence-corrected chi connectivity index (χ4v) is 5.06. The summed E-state index contributed by atoms with van der Waals surface area (Å²) in [6, 6.07) is 17.1. The topological polar surface area (TPSA) is 94.8 Å². The molecule has 0 spiro atoms. The first kappa shape index (κ1) is 25.2. The van der Waals surface area contributed by atoms with Gasteiger partial charge in [0.2, 0.25) is 0 Å². The number of carbonyl (C=O) groups excluding carboxylic acids is 1. The van der Waals surface area contributed by atoms with Gasteiger partial charge in [-0.3, -0.25) is 4.79 Å². The van der Waals surface area contributed by atoms with Gasteiger partial charge in [0.15, 0.2) is 5.65 Å². The van der Waals surface area contributed by atoms with Crippen molar-refractivity contribution in [2.45, 2.75) is 19.3 Å². The summed E-state index contributed by atoms with van der Waals surface area (Å²) in [5.41, 5.74) is 4.43. The standard InChI is InChI=1S/C28H31ClN6O2/c29-22-5-3-4-21(18-22)23-19-31-35-16-11-25(32-27(23)35)28(37)33-24-6-1-2-7-26(24)34-14-9-20(10-15-34)8-12-30-13-17-36/h1-7,11,16,18-20,30,36H,8-10,12-15,17H2,(H,33,37). The van der Waals surface area contributed by atoms with E-state index in [1.54, 1.807) is 23.0 Å². The maximum Gasteiger partial charge on any atom is 0.274 e. The number of benzene rings is 2. The normalized spacial score (nSPS) is 14.3. The van der Waals surface area contributed by atoms with E-state index < -0.39 is 0 Å². The van der Waals surface area contributed by atoms with E-state index in [1.807, 2.05) is 42.5 Å². The van der Waals surface area contributed by atoms with E-state index in [1.165, 1.54) is 0 Å². The maximum atomic E-state index is 13.3. The van der Waals surface area contributed by atoms with Crippen molar-refractivity contribution in [3.05, 3.63) is 77.7 Å². The summed E-state index contributed by atoms with van der Waals surface area (Å²) in [4.78, 5) is 20.3. The Balaban J connectivity index is 1.29. The molecule has 0 bridgehead atoms. The summed E-state index contributed by atoms with van der Waals surface area (Å²) in [5.74, 6) is 0.405. The second-order valence-electron chi connectivity index (χ2n) is 9.31. The second-order valence-corrected chi connectivity index (χ2v) is 9.75. The Bertz CT molecular complexity index is 1370. The quantitative estimate of drug-likeness (QED) is 0.283.